The smallest absolute Gasteiger partial charge is 0.288 e. The molecule has 1 aromatic carbocycles. The fourth-order valence-electron chi connectivity index (χ4n) is 1.59. The molecule has 1 nitrogen and oxygen atoms in total. The van der Waals surface area contributed by atoms with Gasteiger partial charge in [-0.2, -0.15) is 8.78 Å². The van der Waals surface area contributed by atoms with E-state index >= 15 is 0 Å². The molecule has 0 aliphatic heterocycles. The van der Waals surface area contributed by atoms with E-state index in [0.29, 0.717) is 16.7 Å². The minimum Gasteiger partial charge on any atom is -0.378 e. The van der Waals surface area contributed by atoms with Crippen molar-refractivity contribution in [1.29, 1.82) is 0 Å². The fraction of sp³-hybridized carbons (Fsp3) is 0.231. The van der Waals surface area contributed by atoms with Gasteiger partial charge >= 0.3 is 0 Å². The third kappa shape index (κ3) is 3.71. The number of benzene rings is 1. The van der Waals surface area contributed by atoms with Crippen molar-refractivity contribution in [2.24, 2.45) is 0 Å². The molecule has 0 amide bonds. The molecule has 1 heterocycles. The Kier molecular flexibility index (Phi) is 4.60. The standard InChI is InChI=1S/C13H13F2NS2/c1-9(12-3-2-8-17-12)16-10-4-6-11(7-5-10)18-13(14)15/h2-9,13,16H,1H3. The summed E-state index contributed by atoms with van der Waals surface area (Å²) in [5, 5.41) is 5.38. The molecule has 0 aliphatic carbocycles. The van der Waals surface area contributed by atoms with Crippen molar-refractivity contribution in [3.63, 3.8) is 0 Å². The molecule has 1 N–H and O–H groups in total. The van der Waals surface area contributed by atoms with Crippen molar-refractivity contribution in [3.8, 4) is 0 Å². The Morgan fingerprint density at radius 2 is 1.89 bits per heavy atom. The number of hydrogen-bond acceptors (Lipinski definition) is 3. The van der Waals surface area contributed by atoms with E-state index in [9.17, 15) is 8.78 Å². The topological polar surface area (TPSA) is 12.0 Å². The molecule has 96 valence electrons. The van der Waals surface area contributed by atoms with Crippen LogP contribution in [0.2, 0.25) is 0 Å². The lowest BCUT2D eigenvalue weighted by Crippen LogP contribution is -2.04. The Bertz CT molecular complexity index is 468. The average Bonchev–Trinajstić information content (AvgIpc) is 2.84. The van der Waals surface area contributed by atoms with Crippen LogP contribution in [0.4, 0.5) is 14.5 Å². The van der Waals surface area contributed by atoms with Crippen LogP contribution in [0, 0.1) is 0 Å². The molecule has 0 bridgehead atoms. The molecule has 0 saturated heterocycles. The summed E-state index contributed by atoms with van der Waals surface area (Å²) in [4.78, 5) is 1.83. The summed E-state index contributed by atoms with van der Waals surface area (Å²) in [7, 11) is 0. The van der Waals surface area contributed by atoms with E-state index in [2.05, 4.69) is 18.3 Å². The van der Waals surface area contributed by atoms with Gasteiger partial charge < -0.3 is 5.32 Å². The van der Waals surface area contributed by atoms with Gasteiger partial charge in [-0.25, -0.2) is 0 Å². The van der Waals surface area contributed by atoms with Gasteiger partial charge in [0.2, 0.25) is 0 Å². The maximum Gasteiger partial charge on any atom is 0.288 e. The molecule has 18 heavy (non-hydrogen) atoms. The first-order valence-electron chi connectivity index (χ1n) is 5.50. The zero-order chi connectivity index (χ0) is 13.0. The van der Waals surface area contributed by atoms with Crippen molar-refractivity contribution in [3.05, 3.63) is 46.7 Å². The van der Waals surface area contributed by atoms with Crippen LogP contribution in [0.25, 0.3) is 0 Å². The SMILES string of the molecule is CC(Nc1ccc(SC(F)F)cc1)c1cccs1. The van der Waals surface area contributed by atoms with Gasteiger partial charge in [-0.1, -0.05) is 17.8 Å². The van der Waals surface area contributed by atoms with Gasteiger partial charge in [0, 0.05) is 15.5 Å². The van der Waals surface area contributed by atoms with Crippen molar-refractivity contribution < 1.29 is 8.78 Å². The highest BCUT2D eigenvalue weighted by Gasteiger charge is 2.07. The highest BCUT2D eigenvalue weighted by atomic mass is 32.2. The second-order valence-corrected chi connectivity index (χ2v) is 5.83. The van der Waals surface area contributed by atoms with Crippen LogP contribution in [0.3, 0.4) is 0 Å². The predicted octanol–water partition coefficient (Wildman–Crippen LogP) is 5.24. The van der Waals surface area contributed by atoms with Crippen LogP contribution in [0.15, 0.2) is 46.7 Å². The number of alkyl halides is 2. The zero-order valence-electron chi connectivity index (χ0n) is 9.77. The Labute approximate surface area is 113 Å². The average molecular weight is 285 g/mol. The van der Waals surface area contributed by atoms with Crippen LogP contribution in [-0.2, 0) is 0 Å². The van der Waals surface area contributed by atoms with Crippen LogP contribution < -0.4 is 5.32 Å². The molecule has 2 aromatic rings. The second-order valence-electron chi connectivity index (χ2n) is 3.78. The van der Waals surface area contributed by atoms with Crippen molar-refractivity contribution in [1.82, 2.24) is 0 Å². The highest BCUT2D eigenvalue weighted by Crippen LogP contribution is 2.28. The molecule has 5 heteroatoms. The molecule has 1 aromatic heterocycles. The normalized spacial score (nSPS) is 12.7. The van der Waals surface area contributed by atoms with Gasteiger partial charge in [-0.15, -0.1) is 11.3 Å². The summed E-state index contributed by atoms with van der Waals surface area (Å²) < 4.78 is 24.3. The summed E-state index contributed by atoms with van der Waals surface area (Å²) in [6, 6.07) is 11.4. The van der Waals surface area contributed by atoms with Crippen molar-refractivity contribution >= 4 is 28.8 Å². The number of rotatable bonds is 5. The van der Waals surface area contributed by atoms with Crippen molar-refractivity contribution in [2.45, 2.75) is 23.6 Å². The highest BCUT2D eigenvalue weighted by molar-refractivity contribution is 7.99. The quantitative estimate of drug-likeness (QED) is 0.754. The molecule has 0 aliphatic rings. The number of thioether (sulfide) groups is 1. The molecule has 2 rings (SSSR count). The second kappa shape index (κ2) is 6.20. The van der Waals surface area contributed by atoms with Crippen LogP contribution in [0.5, 0.6) is 0 Å². The van der Waals surface area contributed by atoms with E-state index in [0.717, 1.165) is 5.69 Å². The van der Waals surface area contributed by atoms with Gasteiger partial charge in [-0.3, -0.25) is 0 Å². The number of hydrogen-bond donors (Lipinski definition) is 1. The summed E-state index contributed by atoms with van der Waals surface area (Å²) in [6.07, 6.45) is 0. The molecular formula is C13H13F2NS2. The predicted molar refractivity (Wildman–Crippen MR) is 74.7 cm³/mol. The van der Waals surface area contributed by atoms with Crippen molar-refractivity contribution in [2.75, 3.05) is 5.32 Å². The minimum absolute atomic E-state index is 0.221. The van der Waals surface area contributed by atoms with E-state index in [-0.39, 0.29) is 6.04 Å². The summed E-state index contributed by atoms with van der Waals surface area (Å²) in [5.41, 5.74) is 0.939. The van der Waals surface area contributed by atoms with Gasteiger partial charge in [0.25, 0.3) is 5.76 Å². The molecule has 0 saturated carbocycles. The monoisotopic (exact) mass is 285 g/mol. The Morgan fingerprint density at radius 1 is 1.17 bits per heavy atom. The van der Waals surface area contributed by atoms with E-state index in [1.807, 2.05) is 23.6 Å². The Balaban J connectivity index is 1.98. The minimum atomic E-state index is -2.37. The largest absolute Gasteiger partial charge is 0.378 e. The van der Waals surface area contributed by atoms with Crippen LogP contribution >= 0.6 is 23.1 Å². The lowest BCUT2D eigenvalue weighted by molar-refractivity contribution is 0.252. The lowest BCUT2D eigenvalue weighted by Gasteiger charge is -2.13. The van der Waals surface area contributed by atoms with E-state index < -0.39 is 5.76 Å². The molecule has 1 unspecified atom stereocenters. The molecule has 0 fully saturated rings. The number of thiophene rings is 1. The van der Waals surface area contributed by atoms with E-state index in [4.69, 9.17) is 0 Å². The first-order chi connectivity index (χ1) is 8.65. The van der Waals surface area contributed by atoms with E-state index in [1.54, 1.807) is 23.5 Å². The van der Waals surface area contributed by atoms with Gasteiger partial charge in [0.15, 0.2) is 0 Å². The van der Waals surface area contributed by atoms with Crippen LogP contribution in [-0.4, -0.2) is 5.76 Å². The van der Waals surface area contributed by atoms with E-state index in [1.165, 1.54) is 4.88 Å². The molecule has 0 radical (unpaired) electrons. The number of anilines is 1. The Morgan fingerprint density at radius 3 is 2.44 bits per heavy atom. The summed E-state index contributed by atoms with van der Waals surface area (Å²) in [5.74, 6) is -2.37. The number of halogens is 2. The van der Waals surface area contributed by atoms with Gasteiger partial charge in [0.05, 0.1) is 6.04 Å². The van der Waals surface area contributed by atoms with Gasteiger partial charge in [-0.05, 0) is 42.6 Å². The first-order valence-corrected chi connectivity index (χ1v) is 7.26. The summed E-state index contributed by atoms with van der Waals surface area (Å²) in [6.45, 7) is 2.08. The van der Waals surface area contributed by atoms with Crippen LogP contribution in [0.1, 0.15) is 17.8 Å². The number of nitrogens with one attached hydrogen (secondary N) is 1. The summed E-state index contributed by atoms with van der Waals surface area (Å²) >= 11 is 2.26. The molecule has 1 atom stereocenters. The molecular weight excluding hydrogens is 272 g/mol. The maximum atomic E-state index is 12.2. The third-order valence-corrected chi connectivity index (χ3v) is 4.21. The fourth-order valence-corrected chi connectivity index (χ4v) is 2.82. The third-order valence-electron chi connectivity index (χ3n) is 2.43. The van der Waals surface area contributed by atoms with Gasteiger partial charge in [0.1, 0.15) is 0 Å². The molecule has 0 spiro atoms. The first kappa shape index (κ1) is 13.4. The zero-order valence-corrected chi connectivity index (χ0v) is 11.4. The Hall–Kier alpha value is -1.07. The lowest BCUT2D eigenvalue weighted by atomic mass is 10.2. The maximum absolute atomic E-state index is 12.2.